The summed E-state index contributed by atoms with van der Waals surface area (Å²) >= 11 is 0. The summed E-state index contributed by atoms with van der Waals surface area (Å²) in [6.45, 7) is 3.20. The highest BCUT2D eigenvalue weighted by molar-refractivity contribution is 7.89. The normalized spacial score (nSPS) is 26.2. The Morgan fingerprint density at radius 3 is 2.55 bits per heavy atom. The van der Waals surface area contributed by atoms with Crippen molar-refractivity contribution >= 4 is 15.7 Å². The molecular weight excluding hydrogens is 274 g/mol. The molecule has 2 aliphatic rings. The van der Waals surface area contributed by atoms with Crippen LogP contribution in [0, 0.1) is 5.92 Å². The minimum absolute atomic E-state index is 0.353. The van der Waals surface area contributed by atoms with E-state index in [4.69, 9.17) is 0 Å². The summed E-state index contributed by atoms with van der Waals surface area (Å²) < 4.78 is 25.3. The van der Waals surface area contributed by atoms with Gasteiger partial charge in [0.25, 0.3) is 0 Å². The molecule has 110 valence electrons. The Hall–Kier alpha value is -1.11. The monoisotopic (exact) mass is 295 g/mol. The van der Waals surface area contributed by atoms with Gasteiger partial charge in [-0.25, -0.2) is 12.7 Å². The summed E-state index contributed by atoms with van der Waals surface area (Å²) in [6.07, 6.45) is 1.22. The van der Waals surface area contributed by atoms with Crippen LogP contribution in [0.4, 0.5) is 5.69 Å². The van der Waals surface area contributed by atoms with Crippen LogP contribution in [0.5, 0.6) is 0 Å². The van der Waals surface area contributed by atoms with E-state index in [1.807, 2.05) is 12.1 Å². The van der Waals surface area contributed by atoms with Crippen LogP contribution in [-0.4, -0.2) is 52.5 Å². The largest absolute Gasteiger partial charge is 0.367 e. The maximum Gasteiger partial charge on any atom is 0.242 e. The molecular formula is C14H21N3O2S. The molecule has 0 aromatic heterocycles. The van der Waals surface area contributed by atoms with E-state index in [1.54, 1.807) is 26.2 Å². The third-order valence-electron chi connectivity index (χ3n) is 4.39. The Morgan fingerprint density at radius 1 is 1.20 bits per heavy atom. The van der Waals surface area contributed by atoms with Crippen molar-refractivity contribution in [3.05, 3.63) is 24.3 Å². The van der Waals surface area contributed by atoms with Gasteiger partial charge in [0.05, 0.1) is 4.90 Å². The molecule has 2 atom stereocenters. The summed E-state index contributed by atoms with van der Waals surface area (Å²) in [6, 6.07) is 7.83. The van der Waals surface area contributed by atoms with E-state index in [1.165, 1.54) is 10.7 Å². The first-order valence-corrected chi connectivity index (χ1v) is 8.44. The van der Waals surface area contributed by atoms with Crippen LogP contribution in [0.1, 0.15) is 6.42 Å². The quantitative estimate of drug-likeness (QED) is 0.893. The molecule has 20 heavy (non-hydrogen) atoms. The first-order valence-electron chi connectivity index (χ1n) is 7.00. The molecule has 2 fully saturated rings. The third kappa shape index (κ3) is 2.21. The van der Waals surface area contributed by atoms with Gasteiger partial charge in [-0.1, -0.05) is 0 Å². The fourth-order valence-electron chi connectivity index (χ4n) is 3.19. The Balaban J connectivity index is 1.84. The fraction of sp³-hybridized carbons (Fsp3) is 0.571. The molecule has 6 heteroatoms. The molecule has 1 N–H and O–H groups in total. The van der Waals surface area contributed by atoms with E-state index < -0.39 is 10.0 Å². The van der Waals surface area contributed by atoms with Gasteiger partial charge in [-0.3, -0.25) is 0 Å². The zero-order valence-corrected chi connectivity index (χ0v) is 12.7. The molecule has 0 saturated carbocycles. The number of sulfonamides is 1. The number of rotatable bonds is 3. The lowest BCUT2D eigenvalue weighted by Gasteiger charge is -2.26. The lowest BCUT2D eigenvalue weighted by molar-refractivity contribution is 0.520. The Morgan fingerprint density at radius 2 is 1.90 bits per heavy atom. The lowest BCUT2D eigenvalue weighted by atomic mass is 10.1. The summed E-state index contributed by atoms with van der Waals surface area (Å²) in [4.78, 5) is 2.75. The lowest BCUT2D eigenvalue weighted by Crippen LogP contribution is -2.34. The van der Waals surface area contributed by atoms with Crippen molar-refractivity contribution in [2.24, 2.45) is 5.92 Å². The van der Waals surface area contributed by atoms with Gasteiger partial charge >= 0.3 is 0 Å². The summed E-state index contributed by atoms with van der Waals surface area (Å²) in [7, 11) is -0.224. The number of hydrogen-bond donors (Lipinski definition) is 1. The van der Waals surface area contributed by atoms with Crippen molar-refractivity contribution in [2.75, 3.05) is 38.6 Å². The molecule has 0 unspecified atom stereocenters. The molecule has 1 aromatic rings. The molecule has 3 rings (SSSR count). The van der Waals surface area contributed by atoms with Crippen molar-refractivity contribution in [2.45, 2.75) is 17.4 Å². The second kappa shape index (κ2) is 5.02. The van der Waals surface area contributed by atoms with Crippen LogP contribution in [0.15, 0.2) is 29.2 Å². The van der Waals surface area contributed by atoms with E-state index in [9.17, 15) is 8.42 Å². The molecule has 5 nitrogen and oxygen atoms in total. The highest BCUT2D eigenvalue weighted by Crippen LogP contribution is 2.32. The summed E-state index contributed by atoms with van der Waals surface area (Å²) in [5.41, 5.74) is 1.12. The zero-order chi connectivity index (χ0) is 14.3. The molecule has 0 aliphatic carbocycles. The van der Waals surface area contributed by atoms with Crippen LogP contribution in [0.2, 0.25) is 0 Å². The molecule has 2 aliphatic heterocycles. The summed E-state index contributed by atoms with van der Waals surface area (Å²) in [5.74, 6) is 0.736. The highest BCUT2D eigenvalue weighted by Gasteiger charge is 2.37. The maximum absolute atomic E-state index is 12.0. The van der Waals surface area contributed by atoms with Crippen molar-refractivity contribution in [1.29, 1.82) is 0 Å². The molecule has 1 aromatic carbocycles. The number of anilines is 1. The Kier molecular flexibility index (Phi) is 3.48. The number of nitrogens with zero attached hydrogens (tertiary/aromatic N) is 2. The molecule has 0 amide bonds. The zero-order valence-electron chi connectivity index (χ0n) is 11.9. The fourth-order valence-corrected chi connectivity index (χ4v) is 4.09. The topological polar surface area (TPSA) is 52.7 Å². The SMILES string of the molecule is CN(C)S(=O)(=O)c1ccc(N2CC[C@H]3CNC[C@H]32)cc1. The molecule has 2 saturated heterocycles. The van der Waals surface area contributed by atoms with Crippen molar-refractivity contribution in [3.8, 4) is 0 Å². The summed E-state index contributed by atoms with van der Waals surface area (Å²) in [5, 5.41) is 3.43. The van der Waals surface area contributed by atoms with Gasteiger partial charge in [-0.05, 0) is 36.6 Å². The minimum atomic E-state index is -3.33. The van der Waals surface area contributed by atoms with Crippen LogP contribution < -0.4 is 10.2 Å². The molecule has 0 spiro atoms. The first-order chi connectivity index (χ1) is 9.50. The second-order valence-electron chi connectivity index (χ2n) is 5.75. The maximum atomic E-state index is 12.0. The van der Waals surface area contributed by atoms with Crippen molar-refractivity contribution in [1.82, 2.24) is 9.62 Å². The van der Waals surface area contributed by atoms with E-state index >= 15 is 0 Å². The van der Waals surface area contributed by atoms with Gasteiger partial charge in [-0.15, -0.1) is 0 Å². The number of nitrogens with one attached hydrogen (secondary N) is 1. The number of benzene rings is 1. The average Bonchev–Trinajstić information content (AvgIpc) is 3.01. The predicted molar refractivity (Wildman–Crippen MR) is 79.4 cm³/mol. The van der Waals surface area contributed by atoms with E-state index in [2.05, 4.69) is 10.2 Å². The van der Waals surface area contributed by atoms with Gasteiger partial charge in [0.15, 0.2) is 0 Å². The van der Waals surface area contributed by atoms with Crippen LogP contribution in [0.25, 0.3) is 0 Å². The highest BCUT2D eigenvalue weighted by atomic mass is 32.2. The van der Waals surface area contributed by atoms with Crippen molar-refractivity contribution < 1.29 is 8.42 Å². The van der Waals surface area contributed by atoms with E-state index in [0.717, 1.165) is 31.2 Å². The van der Waals surface area contributed by atoms with Crippen molar-refractivity contribution in [3.63, 3.8) is 0 Å². The van der Waals surface area contributed by atoms with E-state index in [-0.39, 0.29) is 0 Å². The van der Waals surface area contributed by atoms with Gasteiger partial charge < -0.3 is 10.2 Å². The van der Waals surface area contributed by atoms with Crippen LogP contribution in [0.3, 0.4) is 0 Å². The van der Waals surface area contributed by atoms with Gasteiger partial charge in [0.2, 0.25) is 10.0 Å². The number of fused-ring (bicyclic) bond motifs is 1. The van der Waals surface area contributed by atoms with Gasteiger partial charge in [0, 0.05) is 45.5 Å². The predicted octanol–water partition coefficient (Wildman–Crippen LogP) is 0.735. The standard InChI is InChI=1S/C14H21N3O2S/c1-16(2)20(18,19)13-5-3-12(4-6-13)17-8-7-11-9-15-10-14(11)17/h3-6,11,14-15H,7-10H2,1-2H3/t11-,14+/m0/s1. The smallest absolute Gasteiger partial charge is 0.242 e. The Labute approximate surface area is 120 Å². The van der Waals surface area contributed by atoms with E-state index in [0.29, 0.717) is 10.9 Å². The third-order valence-corrected chi connectivity index (χ3v) is 6.22. The second-order valence-corrected chi connectivity index (χ2v) is 7.90. The average molecular weight is 295 g/mol. The van der Waals surface area contributed by atoms with Gasteiger partial charge in [-0.2, -0.15) is 0 Å². The molecule has 0 radical (unpaired) electrons. The van der Waals surface area contributed by atoms with Crippen LogP contribution >= 0.6 is 0 Å². The molecule has 2 heterocycles. The molecule has 0 bridgehead atoms. The van der Waals surface area contributed by atoms with Crippen LogP contribution in [-0.2, 0) is 10.0 Å². The van der Waals surface area contributed by atoms with Gasteiger partial charge in [0.1, 0.15) is 0 Å². The first kappa shape index (κ1) is 13.9. The Bertz CT molecular complexity index is 583. The minimum Gasteiger partial charge on any atom is -0.367 e. The number of hydrogen-bond acceptors (Lipinski definition) is 4.